The number of ether oxygens (including phenoxy) is 1. The van der Waals surface area contributed by atoms with E-state index in [9.17, 15) is 19.2 Å². The Labute approximate surface area is 164 Å². The molecule has 1 heterocycles. The van der Waals surface area contributed by atoms with Crippen LogP contribution in [0.3, 0.4) is 0 Å². The minimum absolute atomic E-state index is 0.00358. The lowest BCUT2D eigenvalue weighted by Gasteiger charge is -2.31. The summed E-state index contributed by atoms with van der Waals surface area (Å²) in [5.74, 6) is -1.52. The number of rotatable bonds is 6. The third kappa shape index (κ3) is 4.97. The second-order valence-corrected chi connectivity index (χ2v) is 7.53. The van der Waals surface area contributed by atoms with Crippen molar-refractivity contribution in [3.05, 3.63) is 29.8 Å². The number of nitrogens with zero attached hydrogens (tertiary/aromatic N) is 1. The van der Waals surface area contributed by atoms with E-state index in [2.05, 4.69) is 5.32 Å². The van der Waals surface area contributed by atoms with E-state index in [1.54, 1.807) is 24.3 Å². The second kappa shape index (κ2) is 8.99. The largest absolute Gasteiger partial charge is 0.455 e. The molecule has 0 radical (unpaired) electrons. The minimum atomic E-state index is -0.506. The topological polar surface area (TPSA) is 92.8 Å². The van der Waals surface area contributed by atoms with Crippen LogP contribution >= 0.6 is 0 Å². The first-order valence-corrected chi connectivity index (χ1v) is 9.81. The van der Waals surface area contributed by atoms with E-state index in [4.69, 9.17) is 4.74 Å². The van der Waals surface area contributed by atoms with Crippen LogP contribution in [0, 0.1) is 5.92 Å². The van der Waals surface area contributed by atoms with E-state index in [1.807, 2.05) is 4.90 Å². The molecular weight excluding hydrogens is 360 g/mol. The first-order valence-electron chi connectivity index (χ1n) is 9.81. The van der Waals surface area contributed by atoms with Crippen molar-refractivity contribution in [3.8, 4) is 0 Å². The fraction of sp³-hybridized carbons (Fsp3) is 0.524. The van der Waals surface area contributed by atoms with E-state index < -0.39 is 24.4 Å². The first kappa shape index (κ1) is 20.0. The summed E-state index contributed by atoms with van der Waals surface area (Å²) in [6.07, 6.45) is 5.60. The molecule has 28 heavy (non-hydrogen) atoms. The van der Waals surface area contributed by atoms with E-state index in [1.165, 1.54) is 13.3 Å². The van der Waals surface area contributed by atoms with E-state index in [0.717, 1.165) is 25.7 Å². The molecule has 7 nitrogen and oxygen atoms in total. The van der Waals surface area contributed by atoms with Gasteiger partial charge in [0.05, 0.1) is 5.92 Å². The smallest absolute Gasteiger partial charge is 0.311 e. The molecule has 7 heteroatoms. The molecule has 1 aliphatic carbocycles. The molecule has 150 valence electrons. The number of likely N-dealkylation sites (tertiary alicyclic amines) is 1. The highest BCUT2D eigenvalue weighted by Gasteiger charge is 2.39. The Hall–Kier alpha value is -2.70. The number of carbonyl (C=O) groups is 4. The third-order valence-corrected chi connectivity index (χ3v) is 5.43. The fourth-order valence-corrected chi connectivity index (χ4v) is 3.87. The van der Waals surface area contributed by atoms with Gasteiger partial charge in [-0.1, -0.05) is 19.3 Å². The predicted molar refractivity (Wildman–Crippen MR) is 103 cm³/mol. The van der Waals surface area contributed by atoms with Gasteiger partial charge in [-0.05, 0) is 44.0 Å². The fourth-order valence-electron chi connectivity index (χ4n) is 3.87. The molecule has 1 atom stereocenters. The molecule has 3 rings (SSSR count). The lowest BCUT2D eigenvalue weighted by Crippen LogP contribution is -2.38. The maximum atomic E-state index is 12.3. The van der Waals surface area contributed by atoms with Crippen LogP contribution in [0.1, 0.15) is 55.8 Å². The van der Waals surface area contributed by atoms with Crippen LogP contribution in [0.15, 0.2) is 24.3 Å². The van der Waals surface area contributed by atoms with Gasteiger partial charge in [-0.3, -0.25) is 19.2 Å². The van der Waals surface area contributed by atoms with E-state index in [0.29, 0.717) is 17.8 Å². The molecule has 2 amide bonds. The Morgan fingerprint density at radius 1 is 1.11 bits per heavy atom. The Morgan fingerprint density at radius 3 is 2.43 bits per heavy atom. The number of benzene rings is 1. The summed E-state index contributed by atoms with van der Waals surface area (Å²) in [6.45, 7) is 1.45. The van der Waals surface area contributed by atoms with Crippen molar-refractivity contribution in [1.82, 2.24) is 4.90 Å². The van der Waals surface area contributed by atoms with Crippen molar-refractivity contribution in [1.29, 1.82) is 0 Å². The van der Waals surface area contributed by atoms with Gasteiger partial charge in [-0.25, -0.2) is 0 Å². The number of nitrogens with one attached hydrogen (secondary N) is 1. The Bertz CT molecular complexity index is 753. The molecule has 0 bridgehead atoms. The van der Waals surface area contributed by atoms with Gasteiger partial charge in [-0.15, -0.1) is 0 Å². The quantitative estimate of drug-likeness (QED) is 0.599. The lowest BCUT2D eigenvalue weighted by molar-refractivity contribution is -0.151. The van der Waals surface area contributed by atoms with Gasteiger partial charge >= 0.3 is 5.97 Å². The molecule has 0 aromatic heterocycles. The van der Waals surface area contributed by atoms with Gasteiger partial charge in [0.2, 0.25) is 5.91 Å². The normalized spacial score (nSPS) is 20.1. The van der Waals surface area contributed by atoms with Crippen LogP contribution in [-0.2, 0) is 19.1 Å². The van der Waals surface area contributed by atoms with Crippen LogP contribution in [0.4, 0.5) is 5.69 Å². The van der Waals surface area contributed by atoms with E-state index >= 15 is 0 Å². The molecule has 2 aliphatic rings. The number of anilines is 1. The zero-order chi connectivity index (χ0) is 20.1. The highest BCUT2D eigenvalue weighted by molar-refractivity contribution is 5.96. The third-order valence-electron chi connectivity index (χ3n) is 5.43. The molecule has 1 aromatic rings. The SMILES string of the molecule is CC(=O)c1ccc(NC(=O)COC(=O)[C@H]2CC(=O)N(C3CCCCC3)C2)cc1. The van der Waals surface area contributed by atoms with Crippen LogP contribution in [-0.4, -0.2) is 47.7 Å². The lowest BCUT2D eigenvalue weighted by atomic mass is 9.94. The molecule has 0 unspecified atom stereocenters. The molecule has 1 saturated heterocycles. The molecule has 1 aromatic carbocycles. The predicted octanol–water partition coefficient (Wildman–Crippen LogP) is 2.55. The number of esters is 1. The minimum Gasteiger partial charge on any atom is -0.455 e. The maximum Gasteiger partial charge on any atom is 0.311 e. The van der Waals surface area contributed by atoms with Crippen molar-refractivity contribution >= 4 is 29.3 Å². The van der Waals surface area contributed by atoms with Crippen molar-refractivity contribution in [2.45, 2.75) is 51.5 Å². The molecule has 1 saturated carbocycles. The summed E-state index contributed by atoms with van der Waals surface area (Å²) in [6, 6.07) is 6.71. The molecule has 0 spiro atoms. The molecule has 1 N–H and O–H groups in total. The van der Waals surface area contributed by atoms with Crippen molar-refractivity contribution in [2.75, 3.05) is 18.5 Å². The van der Waals surface area contributed by atoms with Gasteiger partial charge in [0.15, 0.2) is 12.4 Å². The van der Waals surface area contributed by atoms with Gasteiger partial charge in [0, 0.05) is 30.3 Å². The number of hydrogen-bond donors (Lipinski definition) is 1. The van der Waals surface area contributed by atoms with Crippen LogP contribution in [0.5, 0.6) is 0 Å². The maximum absolute atomic E-state index is 12.3. The van der Waals surface area contributed by atoms with Crippen LogP contribution < -0.4 is 5.32 Å². The average molecular weight is 386 g/mol. The molecule has 2 fully saturated rings. The summed E-state index contributed by atoms with van der Waals surface area (Å²) in [4.78, 5) is 49.6. The first-order chi connectivity index (χ1) is 13.4. The van der Waals surface area contributed by atoms with Crippen LogP contribution in [0.2, 0.25) is 0 Å². The van der Waals surface area contributed by atoms with Gasteiger partial charge < -0.3 is 15.0 Å². The summed E-state index contributed by atoms with van der Waals surface area (Å²) in [5.41, 5.74) is 1.07. The zero-order valence-corrected chi connectivity index (χ0v) is 16.1. The monoisotopic (exact) mass is 386 g/mol. The van der Waals surface area contributed by atoms with Crippen molar-refractivity contribution < 1.29 is 23.9 Å². The summed E-state index contributed by atoms with van der Waals surface area (Å²) in [7, 11) is 0. The number of Topliss-reactive ketones (excluding diaryl/α,β-unsaturated/α-hetero) is 1. The molecule has 1 aliphatic heterocycles. The van der Waals surface area contributed by atoms with E-state index in [-0.39, 0.29) is 24.2 Å². The number of amides is 2. The Balaban J connectivity index is 1.45. The summed E-state index contributed by atoms with van der Waals surface area (Å²) >= 11 is 0. The Morgan fingerprint density at radius 2 is 1.79 bits per heavy atom. The average Bonchev–Trinajstić information content (AvgIpc) is 3.09. The number of hydrogen-bond acceptors (Lipinski definition) is 5. The number of ketones is 1. The molecular formula is C21H26N2O5. The summed E-state index contributed by atoms with van der Waals surface area (Å²) < 4.78 is 5.12. The van der Waals surface area contributed by atoms with Crippen molar-refractivity contribution in [3.63, 3.8) is 0 Å². The van der Waals surface area contributed by atoms with Crippen molar-refractivity contribution in [2.24, 2.45) is 5.92 Å². The second-order valence-electron chi connectivity index (χ2n) is 7.53. The zero-order valence-electron chi connectivity index (χ0n) is 16.1. The highest BCUT2D eigenvalue weighted by Crippen LogP contribution is 2.29. The van der Waals surface area contributed by atoms with Crippen LogP contribution in [0.25, 0.3) is 0 Å². The van der Waals surface area contributed by atoms with Gasteiger partial charge in [0.1, 0.15) is 0 Å². The van der Waals surface area contributed by atoms with Gasteiger partial charge in [-0.2, -0.15) is 0 Å². The highest BCUT2D eigenvalue weighted by atomic mass is 16.5. The number of carbonyl (C=O) groups excluding carboxylic acids is 4. The summed E-state index contributed by atoms with van der Waals surface area (Å²) in [5, 5.41) is 2.62. The standard InChI is InChI=1S/C21H26N2O5/c1-14(24)15-7-9-17(10-8-15)22-19(25)13-28-21(27)16-11-20(26)23(12-16)18-5-3-2-4-6-18/h7-10,16,18H,2-6,11-13H2,1H3,(H,22,25)/t16-/m0/s1. The van der Waals surface area contributed by atoms with Gasteiger partial charge in [0.25, 0.3) is 5.91 Å². The Kier molecular flexibility index (Phi) is 6.44.